The van der Waals surface area contributed by atoms with E-state index < -0.39 is 5.91 Å². The Morgan fingerprint density at radius 1 is 1.05 bits per heavy atom. The molecule has 6 nitrogen and oxygen atoms in total. The number of rotatable bonds is 4. The molecule has 0 heterocycles. The first-order valence-corrected chi connectivity index (χ1v) is 7.48. The van der Waals surface area contributed by atoms with Gasteiger partial charge in [-0.15, -0.1) is 0 Å². The van der Waals surface area contributed by atoms with Crippen LogP contribution in [0.4, 0.5) is 0 Å². The molecule has 0 aromatic heterocycles. The molecule has 0 saturated heterocycles. The molecule has 1 saturated carbocycles. The van der Waals surface area contributed by atoms with E-state index in [-0.39, 0.29) is 11.8 Å². The van der Waals surface area contributed by atoms with E-state index in [0.29, 0.717) is 17.1 Å². The van der Waals surface area contributed by atoms with E-state index in [2.05, 4.69) is 10.9 Å². The summed E-state index contributed by atoms with van der Waals surface area (Å²) < 4.78 is 10.4. The van der Waals surface area contributed by atoms with Crippen LogP contribution >= 0.6 is 0 Å². The Bertz CT molecular complexity index is 539. The molecule has 2 rings (SSSR count). The third-order valence-corrected chi connectivity index (χ3v) is 3.92. The fourth-order valence-corrected chi connectivity index (χ4v) is 2.72. The number of carbonyl (C=O) groups excluding carboxylic acids is 2. The van der Waals surface area contributed by atoms with Crippen molar-refractivity contribution in [3.05, 3.63) is 23.8 Å². The van der Waals surface area contributed by atoms with Crippen molar-refractivity contribution in [2.75, 3.05) is 14.2 Å². The lowest BCUT2D eigenvalue weighted by Crippen LogP contribution is -2.45. The second kappa shape index (κ2) is 7.68. The number of hydrogen-bond donors (Lipinski definition) is 2. The Balaban J connectivity index is 1.99. The predicted octanol–water partition coefficient (Wildman–Crippen LogP) is 2.05. The van der Waals surface area contributed by atoms with E-state index >= 15 is 0 Å². The summed E-state index contributed by atoms with van der Waals surface area (Å²) in [6, 6.07) is 5.01. The Kier molecular flexibility index (Phi) is 5.63. The highest BCUT2D eigenvalue weighted by atomic mass is 16.5. The monoisotopic (exact) mass is 306 g/mol. The number of amides is 2. The van der Waals surface area contributed by atoms with E-state index in [1.807, 2.05) is 0 Å². The fourth-order valence-electron chi connectivity index (χ4n) is 2.72. The van der Waals surface area contributed by atoms with E-state index in [4.69, 9.17) is 9.47 Å². The molecular formula is C16H22N2O4. The third-order valence-electron chi connectivity index (χ3n) is 3.92. The first-order valence-electron chi connectivity index (χ1n) is 7.48. The van der Waals surface area contributed by atoms with Gasteiger partial charge in [0, 0.05) is 5.92 Å². The minimum absolute atomic E-state index is 0.0127. The van der Waals surface area contributed by atoms with Gasteiger partial charge in [0.1, 0.15) is 0 Å². The highest BCUT2D eigenvalue weighted by Gasteiger charge is 2.22. The molecule has 2 amide bonds. The van der Waals surface area contributed by atoms with E-state index in [9.17, 15) is 9.59 Å². The second-order valence-electron chi connectivity index (χ2n) is 5.32. The molecule has 6 heteroatoms. The molecule has 2 N–H and O–H groups in total. The zero-order valence-corrected chi connectivity index (χ0v) is 13.0. The summed E-state index contributed by atoms with van der Waals surface area (Å²) in [7, 11) is 2.97. The number of ether oxygens (including phenoxy) is 2. The number of benzene rings is 1. The number of hydrogen-bond acceptors (Lipinski definition) is 4. The number of carbonyl (C=O) groups is 2. The Morgan fingerprint density at radius 3 is 2.41 bits per heavy atom. The SMILES string of the molecule is COc1cccc(C(=O)NNC(=O)C2CCCCC2)c1OC. The molecule has 0 unspecified atom stereocenters. The highest BCUT2D eigenvalue weighted by molar-refractivity contribution is 5.98. The molecule has 0 atom stereocenters. The molecule has 1 fully saturated rings. The normalized spacial score (nSPS) is 15.0. The minimum atomic E-state index is -0.431. The van der Waals surface area contributed by atoms with Crippen LogP contribution in [-0.2, 0) is 4.79 Å². The van der Waals surface area contributed by atoms with Crippen molar-refractivity contribution in [1.29, 1.82) is 0 Å². The van der Waals surface area contributed by atoms with Crippen LogP contribution < -0.4 is 20.3 Å². The van der Waals surface area contributed by atoms with Gasteiger partial charge in [0.2, 0.25) is 5.91 Å². The van der Waals surface area contributed by atoms with Gasteiger partial charge in [-0.25, -0.2) is 0 Å². The summed E-state index contributed by atoms with van der Waals surface area (Å²) in [5.74, 6) is 0.235. The maximum absolute atomic E-state index is 12.2. The maximum Gasteiger partial charge on any atom is 0.273 e. The number of hydrazine groups is 1. The molecule has 22 heavy (non-hydrogen) atoms. The van der Waals surface area contributed by atoms with Gasteiger partial charge in [0.05, 0.1) is 19.8 Å². The average molecular weight is 306 g/mol. The quantitative estimate of drug-likeness (QED) is 0.835. The van der Waals surface area contributed by atoms with Crippen LogP contribution in [0.5, 0.6) is 11.5 Å². The van der Waals surface area contributed by atoms with Crippen LogP contribution in [0.2, 0.25) is 0 Å². The second-order valence-corrected chi connectivity index (χ2v) is 5.32. The highest BCUT2D eigenvalue weighted by Crippen LogP contribution is 2.30. The van der Waals surface area contributed by atoms with Crippen LogP contribution in [0.15, 0.2) is 18.2 Å². The molecule has 1 aliphatic rings. The minimum Gasteiger partial charge on any atom is -0.493 e. The molecule has 0 radical (unpaired) electrons. The van der Waals surface area contributed by atoms with Gasteiger partial charge in [-0.1, -0.05) is 25.3 Å². The lowest BCUT2D eigenvalue weighted by atomic mass is 9.89. The standard InChI is InChI=1S/C16H22N2O4/c1-21-13-10-6-9-12(14(13)22-2)16(20)18-17-15(19)11-7-4-3-5-8-11/h6,9-11H,3-5,7-8H2,1-2H3,(H,17,19)(H,18,20). The molecule has 0 bridgehead atoms. The van der Waals surface area contributed by atoms with Crippen molar-refractivity contribution >= 4 is 11.8 Å². The lowest BCUT2D eigenvalue weighted by Gasteiger charge is -2.21. The molecule has 1 aromatic carbocycles. The predicted molar refractivity (Wildman–Crippen MR) is 81.7 cm³/mol. The first-order chi connectivity index (χ1) is 10.7. The molecule has 1 aliphatic carbocycles. The Labute approximate surface area is 130 Å². The molecule has 0 aliphatic heterocycles. The summed E-state index contributed by atoms with van der Waals surface area (Å²) in [5.41, 5.74) is 5.26. The van der Waals surface area contributed by atoms with Crippen LogP contribution in [-0.4, -0.2) is 26.0 Å². The Morgan fingerprint density at radius 2 is 1.77 bits per heavy atom. The van der Waals surface area contributed by atoms with Crippen LogP contribution in [0, 0.1) is 5.92 Å². The van der Waals surface area contributed by atoms with Gasteiger partial charge in [0.15, 0.2) is 11.5 Å². The van der Waals surface area contributed by atoms with Crippen molar-refractivity contribution in [3.8, 4) is 11.5 Å². The van der Waals surface area contributed by atoms with E-state index in [1.54, 1.807) is 18.2 Å². The van der Waals surface area contributed by atoms with Gasteiger partial charge < -0.3 is 9.47 Å². The van der Waals surface area contributed by atoms with Gasteiger partial charge in [-0.3, -0.25) is 20.4 Å². The number of methoxy groups -OCH3 is 2. The Hall–Kier alpha value is -2.24. The molecular weight excluding hydrogens is 284 g/mol. The van der Waals surface area contributed by atoms with Gasteiger partial charge >= 0.3 is 0 Å². The summed E-state index contributed by atoms with van der Waals surface area (Å²) >= 11 is 0. The number of para-hydroxylation sites is 1. The largest absolute Gasteiger partial charge is 0.493 e. The fraction of sp³-hybridized carbons (Fsp3) is 0.500. The van der Waals surface area contributed by atoms with Crippen molar-refractivity contribution in [2.45, 2.75) is 32.1 Å². The van der Waals surface area contributed by atoms with Crippen molar-refractivity contribution in [1.82, 2.24) is 10.9 Å². The summed E-state index contributed by atoms with van der Waals surface area (Å²) in [6.07, 6.45) is 5.07. The lowest BCUT2D eigenvalue weighted by molar-refractivity contribution is -0.126. The molecule has 0 spiro atoms. The molecule has 1 aromatic rings. The summed E-state index contributed by atoms with van der Waals surface area (Å²) in [6.45, 7) is 0. The average Bonchev–Trinajstić information content (AvgIpc) is 2.59. The van der Waals surface area contributed by atoms with Gasteiger partial charge in [-0.05, 0) is 25.0 Å². The van der Waals surface area contributed by atoms with Gasteiger partial charge in [-0.2, -0.15) is 0 Å². The van der Waals surface area contributed by atoms with E-state index in [0.717, 1.165) is 25.7 Å². The zero-order valence-electron chi connectivity index (χ0n) is 13.0. The summed E-state index contributed by atoms with van der Waals surface area (Å²) in [5, 5.41) is 0. The topological polar surface area (TPSA) is 76.7 Å². The summed E-state index contributed by atoms with van der Waals surface area (Å²) in [4.78, 5) is 24.2. The van der Waals surface area contributed by atoms with Crippen molar-refractivity contribution in [3.63, 3.8) is 0 Å². The van der Waals surface area contributed by atoms with Crippen molar-refractivity contribution < 1.29 is 19.1 Å². The molecule has 120 valence electrons. The first kappa shape index (κ1) is 16.1. The van der Waals surface area contributed by atoms with Crippen LogP contribution in [0.3, 0.4) is 0 Å². The third kappa shape index (κ3) is 3.69. The number of nitrogens with one attached hydrogen (secondary N) is 2. The van der Waals surface area contributed by atoms with Crippen LogP contribution in [0.25, 0.3) is 0 Å². The maximum atomic E-state index is 12.2. The zero-order chi connectivity index (χ0) is 15.9. The van der Waals surface area contributed by atoms with E-state index in [1.165, 1.54) is 20.6 Å². The van der Waals surface area contributed by atoms with Gasteiger partial charge in [0.25, 0.3) is 5.91 Å². The smallest absolute Gasteiger partial charge is 0.273 e. The van der Waals surface area contributed by atoms with Crippen molar-refractivity contribution in [2.24, 2.45) is 5.92 Å². The van der Waals surface area contributed by atoms with Crippen LogP contribution in [0.1, 0.15) is 42.5 Å².